The van der Waals surface area contributed by atoms with Crippen molar-refractivity contribution >= 4 is 11.6 Å². The van der Waals surface area contributed by atoms with Crippen LogP contribution in [0.2, 0.25) is 5.02 Å². The van der Waals surface area contributed by atoms with E-state index in [2.05, 4.69) is 12.2 Å². The largest absolute Gasteiger partial charge is 0.493 e. The third-order valence-corrected chi connectivity index (χ3v) is 3.69. The zero-order chi connectivity index (χ0) is 15.8. The molecular weight excluding hydrogens is 298 g/mol. The van der Waals surface area contributed by atoms with E-state index in [4.69, 9.17) is 21.1 Å². The van der Waals surface area contributed by atoms with Crippen molar-refractivity contribution in [1.29, 1.82) is 0 Å². The number of methoxy groups -OCH3 is 1. The lowest BCUT2D eigenvalue weighted by Crippen LogP contribution is -2.13. The molecule has 0 atom stereocenters. The van der Waals surface area contributed by atoms with Gasteiger partial charge in [0.2, 0.25) is 0 Å². The summed E-state index contributed by atoms with van der Waals surface area (Å²) in [6.07, 6.45) is 1.12. The normalized spacial score (nSPS) is 10.5. The maximum absolute atomic E-state index is 6.14. The lowest BCUT2D eigenvalue weighted by atomic mass is 10.2. The molecule has 118 valence electrons. The summed E-state index contributed by atoms with van der Waals surface area (Å²) in [5, 5.41) is 4.08. The molecule has 0 aromatic heterocycles. The molecule has 0 aliphatic rings. The zero-order valence-electron chi connectivity index (χ0n) is 13.1. The van der Waals surface area contributed by atoms with Crippen molar-refractivity contribution < 1.29 is 9.47 Å². The molecule has 0 amide bonds. The minimum atomic E-state index is 0.420. The van der Waals surface area contributed by atoms with Crippen molar-refractivity contribution in [3.63, 3.8) is 0 Å². The molecule has 0 radical (unpaired) electrons. The first-order valence-electron chi connectivity index (χ1n) is 7.48. The van der Waals surface area contributed by atoms with E-state index in [1.165, 1.54) is 5.56 Å². The van der Waals surface area contributed by atoms with Crippen molar-refractivity contribution in [3.8, 4) is 11.5 Å². The second-order valence-electron chi connectivity index (χ2n) is 5.04. The van der Waals surface area contributed by atoms with Gasteiger partial charge in [-0.05, 0) is 36.7 Å². The Morgan fingerprint density at radius 3 is 2.64 bits per heavy atom. The van der Waals surface area contributed by atoms with Gasteiger partial charge in [-0.15, -0.1) is 0 Å². The molecule has 1 N–H and O–H groups in total. The molecule has 22 heavy (non-hydrogen) atoms. The topological polar surface area (TPSA) is 30.5 Å². The highest BCUT2D eigenvalue weighted by atomic mass is 35.5. The first-order chi connectivity index (χ1) is 10.7. The lowest BCUT2D eigenvalue weighted by Gasteiger charge is -2.13. The lowest BCUT2D eigenvalue weighted by molar-refractivity contribution is 0.284. The van der Waals surface area contributed by atoms with Crippen LogP contribution < -0.4 is 14.8 Å². The number of benzene rings is 2. The van der Waals surface area contributed by atoms with Crippen molar-refractivity contribution in [1.82, 2.24) is 5.32 Å². The van der Waals surface area contributed by atoms with Crippen LogP contribution in [-0.2, 0) is 13.2 Å². The van der Waals surface area contributed by atoms with Gasteiger partial charge in [0.05, 0.1) is 7.11 Å². The van der Waals surface area contributed by atoms with Gasteiger partial charge in [0.1, 0.15) is 6.61 Å². The summed E-state index contributed by atoms with van der Waals surface area (Å²) in [6.45, 7) is 4.41. The Bertz CT molecular complexity index is 601. The second kappa shape index (κ2) is 8.66. The van der Waals surface area contributed by atoms with Gasteiger partial charge in [0.25, 0.3) is 0 Å². The maximum atomic E-state index is 6.14. The average molecular weight is 320 g/mol. The van der Waals surface area contributed by atoms with Gasteiger partial charge in [-0.1, -0.05) is 42.8 Å². The summed E-state index contributed by atoms with van der Waals surface area (Å²) in [6, 6.07) is 13.7. The second-order valence-corrected chi connectivity index (χ2v) is 5.45. The molecular formula is C18H22ClNO2. The summed E-state index contributed by atoms with van der Waals surface area (Å²) in [7, 11) is 1.65. The van der Waals surface area contributed by atoms with Gasteiger partial charge in [-0.3, -0.25) is 0 Å². The van der Waals surface area contributed by atoms with E-state index in [0.29, 0.717) is 11.6 Å². The molecule has 0 saturated heterocycles. The van der Waals surface area contributed by atoms with Gasteiger partial charge >= 0.3 is 0 Å². The van der Waals surface area contributed by atoms with Crippen LogP contribution in [0.3, 0.4) is 0 Å². The van der Waals surface area contributed by atoms with Crippen molar-refractivity contribution in [2.45, 2.75) is 26.5 Å². The minimum absolute atomic E-state index is 0.420. The Balaban J connectivity index is 2.03. The van der Waals surface area contributed by atoms with Gasteiger partial charge in [0.15, 0.2) is 11.5 Å². The van der Waals surface area contributed by atoms with Crippen LogP contribution in [0.5, 0.6) is 11.5 Å². The standard InChI is InChI=1S/C18H22ClNO2/c1-3-10-20-12-14-8-9-17(18(11-14)21-2)22-13-15-6-4-5-7-16(15)19/h4-9,11,20H,3,10,12-13H2,1-2H3. The highest BCUT2D eigenvalue weighted by molar-refractivity contribution is 6.31. The summed E-state index contributed by atoms with van der Waals surface area (Å²) in [4.78, 5) is 0. The maximum Gasteiger partial charge on any atom is 0.161 e. The molecule has 0 unspecified atom stereocenters. The van der Waals surface area contributed by atoms with E-state index < -0.39 is 0 Å². The summed E-state index contributed by atoms with van der Waals surface area (Å²) in [5.74, 6) is 1.46. The fraction of sp³-hybridized carbons (Fsp3) is 0.333. The number of nitrogens with one attached hydrogen (secondary N) is 1. The monoisotopic (exact) mass is 319 g/mol. The van der Waals surface area contributed by atoms with Crippen molar-refractivity contribution in [2.75, 3.05) is 13.7 Å². The fourth-order valence-electron chi connectivity index (χ4n) is 2.12. The first kappa shape index (κ1) is 16.7. The molecule has 0 spiro atoms. The molecule has 0 aliphatic heterocycles. The molecule has 0 heterocycles. The molecule has 0 bridgehead atoms. The van der Waals surface area contributed by atoms with Crippen LogP contribution in [0.25, 0.3) is 0 Å². The highest BCUT2D eigenvalue weighted by Gasteiger charge is 2.07. The Labute approximate surface area is 137 Å². The van der Waals surface area contributed by atoms with E-state index in [-0.39, 0.29) is 0 Å². The van der Waals surface area contributed by atoms with Gasteiger partial charge < -0.3 is 14.8 Å². The SMILES string of the molecule is CCCNCc1ccc(OCc2ccccc2Cl)c(OC)c1. The smallest absolute Gasteiger partial charge is 0.161 e. The highest BCUT2D eigenvalue weighted by Crippen LogP contribution is 2.29. The molecule has 2 aromatic rings. The average Bonchev–Trinajstić information content (AvgIpc) is 2.55. The molecule has 0 saturated carbocycles. The number of rotatable bonds is 8. The fourth-order valence-corrected chi connectivity index (χ4v) is 2.31. The van der Waals surface area contributed by atoms with E-state index in [9.17, 15) is 0 Å². The minimum Gasteiger partial charge on any atom is -0.493 e. The van der Waals surface area contributed by atoms with Gasteiger partial charge in [-0.25, -0.2) is 0 Å². The first-order valence-corrected chi connectivity index (χ1v) is 7.86. The van der Waals surface area contributed by atoms with Crippen LogP contribution in [0.1, 0.15) is 24.5 Å². The van der Waals surface area contributed by atoms with E-state index in [1.807, 2.05) is 42.5 Å². The predicted octanol–water partition coefficient (Wildman–Crippen LogP) is 4.43. The Kier molecular flexibility index (Phi) is 6.56. The molecule has 3 nitrogen and oxygen atoms in total. The zero-order valence-corrected chi connectivity index (χ0v) is 13.8. The van der Waals surface area contributed by atoms with Crippen molar-refractivity contribution in [2.24, 2.45) is 0 Å². The molecule has 0 aliphatic carbocycles. The summed E-state index contributed by atoms with van der Waals surface area (Å²) < 4.78 is 11.3. The van der Waals surface area contributed by atoms with Crippen molar-refractivity contribution in [3.05, 3.63) is 58.6 Å². The van der Waals surface area contributed by atoms with E-state index in [1.54, 1.807) is 7.11 Å². The Morgan fingerprint density at radius 1 is 1.09 bits per heavy atom. The number of ether oxygens (including phenoxy) is 2. The van der Waals surface area contributed by atoms with Gasteiger partial charge in [-0.2, -0.15) is 0 Å². The van der Waals surface area contributed by atoms with Crippen LogP contribution >= 0.6 is 11.6 Å². The molecule has 2 rings (SSSR count). The molecule has 0 fully saturated rings. The van der Waals surface area contributed by atoms with Crippen LogP contribution in [-0.4, -0.2) is 13.7 Å². The number of halogens is 1. The van der Waals surface area contributed by atoms with Crippen LogP contribution in [0.15, 0.2) is 42.5 Å². The quantitative estimate of drug-likeness (QED) is 0.730. The third-order valence-electron chi connectivity index (χ3n) is 3.32. The molecule has 2 aromatic carbocycles. The summed E-state index contributed by atoms with van der Waals surface area (Å²) >= 11 is 6.14. The van der Waals surface area contributed by atoms with Gasteiger partial charge in [0, 0.05) is 17.1 Å². The summed E-state index contributed by atoms with van der Waals surface area (Å²) in [5.41, 5.74) is 2.13. The van der Waals surface area contributed by atoms with Crippen LogP contribution in [0.4, 0.5) is 0 Å². The Hall–Kier alpha value is -1.71. The number of hydrogen-bond acceptors (Lipinski definition) is 3. The predicted molar refractivity (Wildman–Crippen MR) is 90.8 cm³/mol. The van der Waals surface area contributed by atoms with E-state index >= 15 is 0 Å². The Morgan fingerprint density at radius 2 is 1.91 bits per heavy atom. The third kappa shape index (κ3) is 4.65. The number of hydrogen-bond donors (Lipinski definition) is 1. The van der Waals surface area contributed by atoms with E-state index in [0.717, 1.165) is 36.6 Å². The molecule has 4 heteroatoms. The van der Waals surface area contributed by atoms with Crippen LogP contribution in [0, 0.1) is 0 Å².